The molecule has 0 saturated carbocycles. The Bertz CT molecular complexity index is 189. The molecule has 2 N–H and O–H groups in total. The Labute approximate surface area is 77.1 Å². The van der Waals surface area contributed by atoms with Crippen LogP contribution in [0.15, 0.2) is 0 Å². The van der Waals surface area contributed by atoms with Crippen LogP contribution in [0.3, 0.4) is 0 Å². The van der Waals surface area contributed by atoms with Crippen LogP contribution in [0.4, 0.5) is 0 Å². The van der Waals surface area contributed by atoms with Gasteiger partial charge in [-0.1, -0.05) is 0 Å². The maximum Gasteiger partial charge on any atom is 0.322 e. The fraction of sp³-hybridized carbons (Fsp3) is 0.875. The van der Waals surface area contributed by atoms with Crippen molar-refractivity contribution in [3.05, 3.63) is 0 Å². The molecular weight excluding hydrogens is 174 g/mol. The highest BCUT2D eigenvalue weighted by atomic mass is 16.7. The number of carbonyl (C=O) groups excluding carboxylic acids is 1. The summed E-state index contributed by atoms with van der Waals surface area (Å²) >= 11 is 0. The molecule has 1 aliphatic rings. The fourth-order valence-electron chi connectivity index (χ4n) is 1.31. The molecule has 1 atom stereocenters. The van der Waals surface area contributed by atoms with E-state index in [0.29, 0.717) is 19.6 Å². The van der Waals surface area contributed by atoms with Gasteiger partial charge in [0.2, 0.25) is 0 Å². The number of carbonyl (C=O) groups is 1. The molecular formula is C8H15NO4. The van der Waals surface area contributed by atoms with Crippen molar-refractivity contribution >= 4 is 5.97 Å². The third-order valence-electron chi connectivity index (χ3n) is 1.99. The van der Waals surface area contributed by atoms with Gasteiger partial charge in [0, 0.05) is 6.42 Å². The fourth-order valence-corrected chi connectivity index (χ4v) is 1.31. The SMILES string of the molecule is COC(=O)C(N)CC1(C)OCCO1. The molecule has 0 aromatic heterocycles. The van der Waals surface area contributed by atoms with E-state index < -0.39 is 17.8 Å². The van der Waals surface area contributed by atoms with Crippen LogP contribution in [-0.4, -0.2) is 38.1 Å². The minimum absolute atomic E-state index is 0.319. The van der Waals surface area contributed by atoms with Gasteiger partial charge < -0.3 is 19.9 Å². The average molecular weight is 189 g/mol. The quantitative estimate of drug-likeness (QED) is 0.614. The molecule has 0 bridgehead atoms. The first-order valence-electron chi connectivity index (χ1n) is 4.19. The molecule has 0 aromatic rings. The summed E-state index contributed by atoms with van der Waals surface area (Å²) in [5.41, 5.74) is 5.56. The maximum absolute atomic E-state index is 11.0. The van der Waals surface area contributed by atoms with Crippen LogP contribution in [-0.2, 0) is 19.0 Å². The molecule has 13 heavy (non-hydrogen) atoms. The first-order valence-corrected chi connectivity index (χ1v) is 4.19. The Morgan fingerprint density at radius 1 is 1.62 bits per heavy atom. The van der Waals surface area contributed by atoms with Crippen LogP contribution in [0.25, 0.3) is 0 Å². The summed E-state index contributed by atoms with van der Waals surface area (Å²) in [5.74, 6) is -1.17. The van der Waals surface area contributed by atoms with Crippen molar-refractivity contribution < 1.29 is 19.0 Å². The topological polar surface area (TPSA) is 70.8 Å². The molecule has 0 aliphatic carbocycles. The summed E-state index contributed by atoms with van der Waals surface area (Å²) < 4.78 is 15.1. The van der Waals surface area contributed by atoms with Gasteiger partial charge in [-0.25, -0.2) is 0 Å². The number of hydrogen-bond donors (Lipinski definition) is 1. The van der Waals surface area contributed by atoms with Gasteiger partial charge >= 0.3 is 5.97 Å². The Morgan fingerprint density at radius 3 is 2.62 bits per heavy atom. The van der Waals surface area contributed by atoms with E-state index in [1.165, 1.54) is 7.11 Å². The number of rotatable bonds is 3. The summed E-state index contributed by atoms with van der Waals surface area (Å²) in [4.78, 5) is 11.0. The molecule has 0 spiro atoms. The monoisotopic (exact) mass is 189 g/mol. The first kappa shape index (κ1) is 10.4. The van der Waals surface area contributed by atoms with Crippen molar-refractivity contribution in [1.82, 2.24) is 0 Å². The van der Waals surface area contributed by atoms with Gasteiger partial charge in [-0.05, 0) is 6.92 Å². The average Bonchev–Trinajstić information content (AvgIpc) is 2.50. The van der Waals surface area contributed by atoms with E-state index in [1.807, 2.05) is 0 Å². The molecule has 1 aliphatic heterocycles. The van der Waals surface area contributed by atoms with Crippen molar-refractivity contribution in [2.75, 3.05) is 20.3 Å². The lowest BCUT2D eigenvalue weighted by molar-refractivity contribution is -0.162. The molecule has 1 fully saturated rings. The maximum atomic E-state index is 11.0. The van der Waals surface area contributed by atoms with Crippen molar-refractivity contribution in [3.63, 3.8) is 0 Å². The van der Waals surface area contributed by atoms with Crippen molar-refractivity contribution in [2.45, 2.75) is 25.2 Å². The van der Waals surface area contributed by atoms with Gasteiger partial charge in [-0.3, -0.25) is 4.79 Å². The lowest BCUT2D eigenvalue weighted by Crippen LogP contribution is -2.40. The van der Waals surface area contributed by atoms with Crippen LogP contribution >= 0.6 is 0 Å². The molecule has 76 valence electrons. The van der Waals surface area contributed by atoms with Gasteiger partial charge in [0.1, 0.15) is 6.04 Å². The zero-order valence-electron chi connectivity index (χ0n) is 7.91. The summed E-state index contributed by atoms with van der Waals surface area (Å²) in [7, 11) is 1.31. The molecule has 1 heterocycles. The predicted molar refractivity (Wildman–Crippen MR) is 44.9 cm³/mol. The zero-order chi connectivity index (χ0) is 9.90. The van der Waals surface area contributed by atoms with E-state index in [4.69, 9.17) is 15.2 Å². The van der Waals surface area contributed by atoms with E-state index in [-0.39, 0.29) is 0 Å². The van der Waals surface area contributed by atoms with Gasteiger partial charge in [-0.15, -0.1) is 0 Å². The van der Waals surface area contributed by atoms with E-state index in [1.54, 1.807) is 6.92 Å². The van der Waals surface area contributed by atoms with Gasteiger partial charge in [0.05, 0.1) is 20.3 Å². The predicted octanol–water partition coefficient (Wildman–Crippen LogP) is -0.360. The highest BCUT2D eigenvalue weighted by Gasteiger charge is 2.35. The van der Waals surface area contributed by atoms with E-state index in [9.17, 15) is 4.79 Å². The van der Waals surface area contributed by atoms with Gasteiger partial charge in [-0.2, -0.15) is 0 Å². The van der Waals surface area contributed by atoms with Crippen molar-refractivity contribution in [3.8, 4) is 0 Å². The van der Waals surface area contributed by atoms with Crippen LogP contribution in [0, 0.1) is 0 Å². The number of esters is 1. The number of methoxy groups -OCH3 is 1. The molecule has 1 unspecified atom stereocenters. The number of hydrogen-bond acceptors (Lipinski definition) is 5. The third-order valence-corrected chi connectivity index (χ3v) is 1.99. The summed E-state index contributed by atoms with van der Waals surface area (Å²) in [6, 6.07) is -0.687. The second-order valence-corrected chi connectivity index (χ2v) is 3.16. The lowest BCUT2D eigenvalue weighted by atomic mass is 10.1. The van der Waals surface area contributed by atoms with Gasteiger partial charge in [0.25, 0.3) is 0 Å². The Morgan fingerprint density at radius 2 is 2.15 bits per heavy atom. The molecule has 5 nitrogen and oxygen atoms in total. The number of nitrogens with two attached hydrogens (primary N) is 1. The van der Waals surface area contributed by atoms with E-state index in [2.05, 4.69) is 4.74 Å². The number of ether oxygens (including phenoxy) is 3. The van der Waals surface area contributed by atoms with E-state index >= 15 is 0 Å². The molecule has 0 radical (unpaired) electrons. The highest BCUT2D eigenvalue weighted by Crippen LogP contribution is 2.23. The highest BCUT2D eigenvalue weighted by molar-refractivity contribution is 5.75. The zero-order valence-corrected chi connectivity index (χ0v) is 7.91. The Hall–Kier alpha value is -0.650. The molecule has 1 rings (SSSR count). The minimum atomic E-state index is -0.729. The van der Waals surface area contributed by atoms with Crippen LogP contribution in [0.5, 0.6) is 0 Å². The second kappa shape index (κ2) is 4.04. The second-order valence-electron chi connectivity index (χ2n) is 3.16. The summed E-state index contributed by atoms with van der Waals surface area (Å²) in [6.07, 6.45) is 0.319. The third kappa shape index (κ3) is 2.65. The molecule has 0 aromatic carbocycles. The lowest BCUT2D eigenvalue weighted by Gasteiger charge is -2.24. The standard InChI is InChI=1S/C8H15NO4/c1-8(12-3-4-13-8)5-6(9)7(10)11-2/h6H,3-5,9H2,1-2H3. The summed E-state index contributed by atoms with van der Waals surface area (Å²) in [5, 5.41) is 0. The van der Waals surface area contributed by atoms with Gasteiger partial charge in [0.15, 0.2) is 5.79 Å². The molecule has 0 amide bonds. The molecule has 1 saturated heterocycles. The Kier molecular flexibility index (Phi) is 3.24. The normalized spacial score (nSPS) is 22.7. The van der Waals surface area contributed by atoms with Crippen molar-refractivity contribution in [1.29, 1.82) is 0 Å². The van der Waals surface area contributed by atoms with E-state index in [0.717, 1.165) is 0 Å². The largest absolute Gasteiger partial charge is 0.468 e. The smallest absolute Gasteiger partial charge is 0.322 e. The Balaban J connectivity index is 2.42. The van der Waals surface area contributed by atoms with Crippen LogP contribution < -0.4 is 5.73 Å². The van der Waals surface area contributed by atoms with Crippen molar-refractivity contribution in [2.24, 2.45) is 5.73 Å². The molecule has 5 heteroatoms. The van der Waals surface area contributed by atoms with Crippen LogP contribution in [0.1, 0.15) is 13.3 Å². The van der Waals surface area contributed by atoms with Crippen LogP contribution in [0.2, 0.25) is 0 Å². The minimum Gasteiger partial charge on any atom is -0.468 e. The first-order chi connectivity index (χ1) is 6.07. The summed E-state index contributed by atoms with van der Waals surface area (Å²) in [6.45, 7) is 2.86.